The molecule has 0 radical (unpaired) electrons. The Labute approximate surface area is 138 Å². The first kappa shape index (κ1) is 16.3. The fraction of sp³-hybridized carbons (Fsp3) is 0.125. The van der Waals surface area contributed by atoms with Crippen molar-refractivity contribution in [3.05, 3.63) is 58.6 Å². The zero-order valence-corrected chi connectivity index (χ0v) is 13.1. The van der Waals surface area contributed by atoms with Gasteiger partial charge in [-0.15, -0.1) is 0 Å². The number of halogens is 2. The molecule has 2 rings (SSSR count). The largest absolute Gasteiger partial charge is 0.326 e. The Bertz CT molecular complexity index is 630. The van der Waals surface area contributed by atoms with Gasteiger partial charge >= 0.3 is 0 Å². The van der Waals surface area contributed by atoms with E-state index in [-0.39, 0.29) is 24.7 Å². The molecule has 0 aliphatic rings. The molecule has 0 aromatic heterocycles. The second-order valence-electron chi connectivity index (χ2n) is 4.62. The summed E-state index contributed by atoms with van der Waals surface area (Å²) in [5, 5.41) is 6.45. The van der Waals surface area contributed by atoms with Gasteiger partial charge in [0.2, 0.25) is 11.8 Å². The van der Waals surface area contributed by atoms with Crippen molar-refractivity contribution in [3.8, 4) is 0 Å². The average molecular weight is 337 g/mol. The van der Waals surface area contributed by atoms with Gasteiger partial charge in [0.25, 0.3) is 0 Å². The lowest BCUT2D eigenvalue weighted by atomic mass is 10.2. The highest BCUT2D eigenvalue weighted by atomic mass is 35.5. The van der Waals surface area contributed by atoms with Crippen LogP contribution in [0.5, 0.6) is 0 Å². The SMILES string of the molecule is O=C(CCC(=O)Nc1cccc(Cl)c1)Nc1cccc(Cl)c1. The highest BCUT2D eigenvalue weighted by Crippen LogP contribution is 2.16. The molecule has 0 aliphatic carbocycles. The van der Waals surface area contributed by atoms with Crippen molar-refractivity contribution >= 4 is 46.4 Å². The molecule has 0 unspecified atom stereocenters. The second kappa shape index (κ2) is 7.82. The van der Waals surface area contributed by atoms with Crippen LogP contribution < -0.4 is 10.6 Å². The van der Waals surface area contributed by atoms with E-state index in [9.17, 15) is 9.59 Å². The number of hydrogen-bond acceptors (Lipinski definition) is 2. The zero-order chi connectivity index (χ0) is 15.9. The smallest absolute Gasteiger partial charge is 0.224 e. The van der Waals surface area contributed by atoms with Crippen LogP contribution in [0.1, 0.15) is 12.8 Å². The van der Waals surface area contributed by atoms with Gasteiger partial charge in [-0.25, -0.2) is 0 Å². The summed E-state index contributed by atoms with van der Waals surface area (Å²) in [7, 11) is 0. The van der Waals surface area contributed by atoms with Crippen LogP contribution in [0.4, 0.5) is 11.4 Å². The minimum atomic E-state index is -0.247. The van der Waals surface area contributed by atoms with E-state index in [1.807, 2.05) is 0 Å². The van der Waals surface area contributed by atoms with Gasteiger partial charge < -0.3 is 10.6 Å². The summed E-state index contributed by atoms with van der Waals surface area (Å²) in [5.74, 6) is -0.493. The van der Waals surface area contributed by atoms with Crippen molar-refractivity contribution in [1.82, 2.24) is 0 Å². The number of anilines is 2. The van der Waals surface area contributed by atoms with Gasteiger partial charge in [0.1, 0.15) is 0 Å². The average Bonchev–Trinajstić information content (AvgIpc) is 2.45. The Balaban J connectivity index is 1.79. The van der Waals surface area contributed by atoms with Gasteiger partial charge in [-0.2, -0.15) is 0 Å². The van der Waals surface area contributed by atoms with Crippen LogP contribution in [0.3, 0.4) is 0 Å². The van der Waals surface area contributed by atoms with Gasteiger partial charge in [0.15, 0.2) is 0 Å². The summed E-state index contributed by atoms with van der Waals surface area (Å²) in [4.78, 5) is 23.6. The fourth-order valence-electron chi connectivity index (χ4n) is 1.81. The lowest BCUT2D eigenvalue weighted by Crippen LogP contribution is -2.17. The molecule has 0 fully saturated rings. The van der Waals surface area contributed by atoms with E-state index >= 15 is 0 Å². The predicted octanol–water partition coefficient (Wildman–Crippen LogP) is 4.35. The lowest BCUT2D eigenvalue weighted by Gasteiger charge is -2.07. The molecular formula is C16H14Cl2N2O2. The molecule has 2 N–H and O–H groups in total. The molecule has 2 amide bonds. The number of rotatable bonds is 5. The first-order valence-corrected chi connectivity index (χ1v) is 7.39. The van der Waals surface area contributed by atoms with E-state index in [0.717, 1.165) is 0 Å². The summed E-state index contributed by atoms with van der Waals surface area (Å²) in [6.07, 6.45) is 0.165. The zero-order valence-electron chi connectivity index (χ0n) is 11.6. The standard InChI is InChI=1S/C16H14Cl2N2O2/c17-11-3-1-5-13(9-11)19-15(21)7-8-16(22)20-14-6-2-4-12(18)10-14/h1-6,9-10H,7-8H2,(H,19,21)(H,20,22). The normalized spacial score (nSPS) is 10.1. The third-order valence-corrected chi connectivity index (χ3v) is 3.27. The summed E-state index contributed by atoms with van der Waals surface area (Å²) in [5.41, 5.74) is 1.21. The highest BCUT2D eigenvalue weighted by Gasteiger charge is 2.08. The minimum absolute atomic E-state index is 0.0823. The summed E-state index contributed by atoms with van der Waals surface area (Å²) in [6.45, 7) is 0. The molecule has 0 heterocycles. The van der Waals surface area contributed by atoms with Crippen LogP contribution in [-0.2, 0) is 9.59 Å². The number of hydrogen-bond donors (Lipinski definition) is 2. The lowest BCUT2D eigenvalue weighted by molar-refractivity contribution is -0.121. The predicted molar refractivity (Wildman–Crippen MR) is 89.4 cm³/mol. The van der Waals surface area contributed by atoms with Crippen LogP contribution in [-0.4, -0.2) is 11.8 Å². The van der Waals surface area contributed by atoms with E-state index in [4.69, 9.17) is 23.2 Å². The maximum Gasteiger partial charge on any atom is 0.224 e. The first-order chi connectivity index (χ1) is 10.5. The number of benzene rings is 2. The molecular weight excluding hydrogens is 323 g/mol. The Morgan fingerprint density at radius 3 is 1.55 bits per heavy atom. The van der Waals surface area contributed by atoms with E-state index in [2.05, 4.69) is 10.6 Å². The van der Waals surface area contributed by atoms with Gasteiger partial charge in [-0.1, -0.05) is 35.3 Å². The maximum atomic E-state index is 11.8. The molecule has 2 aromatic carbocycles. The Morgan fingerprint density at radius 2 is 1.18 bits per heavy atom. The van der Waals surface area contributed by atoms with Gasteiger partial charge in [0.05, 0.1) is 0 Å². The summed E-state index contributed by atoms with van der Waals surface area (Å²) in [6, 6.07) is 13.7. The van der Waals surface area contributed by atoms with Crippen molar-refractivity contribution in [2.45, 2.75) is 12.8 Å². The third kappa shape index (κ3) is 5.39. The summed E-state index contributed by atoms with van der Waals surface area (Å²) >= 11 is 11.7. The van der Waals surface area contributed by atoms with Crippen molar-refractivity contribution in [2.24, 2.45) is 0 Å². The van der Waals surface area contributed by atoms with E-state index < -0.39 is 0 Å². The monoisotopic (exact) mass is 336 g/mol. The molecule has 2 aromatic rings. The summed E-state index contributed by atoms with van der Waals surface area (Å²) < 4.78 is 0. The minimum Gasteiger partial charge on any atom is -0.326 e. The highest BCUT2D eigenvalue weighted by molar-refractivity contribution is 6.31. The van der Waals surface area contributed by atoms with Crippen LogP contribution in [0.15, 0.2) is 48.5 Å². The van der Waals surface area contributed by atoms with E-state index in [1.54, 1.807) is 48.5 Å². The van der Waals surface area contributed by atoms with Crippen molar-refractivity contribution in [1.29, 1.82) is 0 Å². The number of carbonyl (C=O) groups excluding carboxylic acids is 2. The fourth-order valence-corrected chi connectivity index (χ4v) is 2.19. The molecule has 0 saturated heterocycles. The van der Waals surface area contributed by atoms with E-state index in [0.29, 0.717) is 21.4 Å². The molecule has 4 nitrogen and oxygen atoms in total. The van der Waals surface area contributed by atoms with Crippen LogP contribution in [0.2, 0.25) is 10.0 Å². The van der Waals surface area contributed by atoms with Crippen molar-refractivity contribution in [3.63, 3.8) is 0 Å². The maximum absolute atomic E-state index is 11.8. The molecule has 6 heteroatoms. The van der Waals surface area contributed by atoms with Gasteiger partial charge in [0, 0.05) is 34.3 Å². The topological polar surface area (TPSA) is 58.2 Å². The molecule has 22 heavy (non-hydrogen) atoms. The van der Waals surface area contributed by atoms with Gasteiger partial charge in [-0.3, -0.25) is 9.59 Å². The van der Waals surface area contributed by atoms with Crippen molar-refractivity contribution < 1.29 is 9.59 Å². The van der Waals surface area contributed by atoms with Crippen LogP contribution >= 0.6 is 23.2 Å². The third-order valence-electron chi connectivity index (χ3n) is 2.80. The molecule has 0 aliphatic heterocycles. The quantitative estimate of drug-likeness (QED) is 0.852. The van der Waals surface area contributed by atoms with Crippen LogP contribution in [0, 0.1) is 0 Å². The number of amides is 2. The van der Waals surface area contributed by atoms with Crippen LogP contribution in [0.25, 0.3) is 0 Å². The Hall–Kier alpha value is -2.04. The van der Waals surface area contributed by atoms with Gasteiger partial charge in [-0.05, 0) is 36.4 Å². The number of nitrogens with one attached hydrogen (secondary N) is 2. The molecule has 0 spiro atoms. The molecule has 0 saturated carbocycles. The van der Waals surface area contributed by atoms with E-state index in [1.165, 1.54) is 0 Å². The van der Waals surface area contributed by atoms with Crippen molar-refractivity contribution in [2.75, 3.05) is 10.6 Å². The first-order valence-electron chi connectivity index (χ1n) is 6.64. The second-order valence-corrected chi connectivity index (χ2v) is 5.49. The molecule has 0 bridgehead atoms. The molecule has 0 atom stereocenters. The molecule has 114 valence electrons. The Morgan fingerprint density at radius 1 is 0.773 bits per heavy atom. The number of carbonyl (C=O) groups is 2. The Kier molecular flexibility index (Phi) is 5.81.